The molecule has 0 unspecified atom stereocenters. The molecule has 0 aliphatic carbocycles. The van der Waals surface area contributed by atoms with E-state index in [0.717, 1.165) is 5.39 Å². The summed E-state index contributed by atoms with van der Waals surface area (Å²) < 4.78 is 16.4. The highest BCUT2D eigenvalue weighted by Crippen LogP contribution is 2.34. The second kappa shape index (κ2) is 7.92. The number of fused-ring (bicyclic) bond motifs is 1. The Morgan fingerprint density at radius 2 is 1.97 bits per heavy atom. The zero-order valence-corrected chi connectivity index (χ0v) is 15.7. The van der Waals surface area contributed by atoms with Crippen molar-refractivity contribution in [2.24, 2.45) is 5.10 Å². The van der Waals surface area contributed by atoms with Crippen molar-refractivity contribution in [2.75, 3.05) is 7.11 Å². The zero-order valence-electron chi connectivity index (χ0n) is 15.7. The molecule has 0 atom stereocenters. The van der Waals surface area contributed by atoms with E-state index in [1.807, 2.05) is 18.2 Å². The van der Waals surface area contributed by atoms with Crippen molar-refractivity contribution in [3.8, 4) is 17.1 Å². The van der Waals surface area contributed by atoms with Crippen LogP contribution in [0.2, 0.25) is 0 Å². The molecule has 0 radical (unpaired) electrons. The molecule has 150 valence electrons. The molecule has 0 saturated carbocycles. The van der Waals surface area contributed by atoms with Gasteiger partial charge in [0.2, 0.25) is 0 Å². The molecule has 2 heterocycles. The van der Waals surface area contributed by atoms with E-state index in [0.29, 0.717) is 28.4 Å². The minimum atomic E-state index is -0.503. The summed E-state index contributed by atoms with van der Waals surface area (Å²) in [5, 5.41) is 15.6. The van der Waals surface area contributed by atoms with E-state index in [2.05, 4.69) is 10.5 Å². The smallest absolute Gasteiger partial charge is 0.307 e. The largest absolute Gasteiger partial charge is 0.496 e. The van der Waals surface area contributed by atoms with Gasteiger partial charge in [-0.05, 0) is 30.3 Å². The fraction of sp³-hybridized carbons (Fsp3) is 0.0476. The van der Waals surface area contributed by atoms with Gasteiger partial charge < -0.3 is 13.6 Å². The summed E-state index contributed by atoms with van der Waals surface area (Å²) in [6.07, 6.45) is 1.34. The Morgan fingerprint density at radius 1 is 1.13 bits per heavy atom. The molecule has 0 saturated heterocycles. The number of para-hydroxylation sites is 1. The minimum Gasteiger partial charge on any atom is -0.496 e. The molecule has 30 heavy (non-hydrogen) atoms. The number of furan rings is 2. The second-order valence-corrected chi connectivity index (χ2v) is 6.19. The highest BCUT2D eigenvalue weighted by Gasteiger charge is 2.15. The van der Waals surface area contributed by atoms with Crippen LogP contribution in [-0.4, -0.2) is 24.2 Å². The highest BCUT2D eigenvalue weighted by atomic mass is 16.6. The summed E-state index contributed by atoms with van der Waals surface area (Å²) in [4.78, 5) is 22.6. The molecular weight excluding hydrogens is 390 g/mol. The lowest BCUT2D eigenvalue weighted by molar-refractivity contribution is -0.384. The molecule has 0 aliphatic rings. The molecule has 9 heteroatoms. The maximum absolute atomic E-state index is 12.2. The Balaban J connectivity index is 1.47. The predicted octanol–water partition coefficient (Wildman–Crippen LogP) is 4.37. The average molecular weight is 405 g/mol. The predicted molar refractivity (Wildman–Crippen MR) is 109 cm³/mol. The number of nitrogens with zero attached hydrogens (tertiary/aromatic N) is 2. The molecular formula is C21H15N3O6. The van der Waals surface area contributed by atoms with Gasteiger partial charge in [0.25, 0.3) is 5.69 Å². The standard InChI is InChI=1S/C21H15N3O6/c1-28-19-11-14(24(26)27)6-8-16(19)18-9-7-15(29-18)12-22-23-21(25)20-10-13-4-2-3-5-17(13)30-20/h2-12H,1H3,(H,23,25)/b22-12+. The van der Waals surface area contributed by atoms with E-state index >= 15 is 0 Å². The van der Waals surface area contributed by atoms with E-state index in [-0.39, 0.29) is 11.4 Å². The molecule has 0 spiro atoms. The van der Waals surface area contributed by atoms with E-state index in [9.17, 15) is 14.9 Å². The van der Waals surface area contributed by atoms with Crippen molar-refractivity contribution in [1.82, 2.24) is 5.43 Å². The van der Waals surface area contributed by atoms with Crippen LogP contribution in [0.1, 0.15) is 16.3 Å². The second-order valence-electron chi connectivity index (χ2n) is 6.19. The Labute approximate surface area is 169 Å². The third-order valence-electron chi connectivity index (χ3n) is 4.30. The van der Waals surface area contributed by atoms with Crippen LogP contribution in [0, 0.1) is 10.1 Å². The molecule has 0 bridgehead atoms. The summed E-state index contributed by atoms with van der Waals surface area (Å²) in [6, 6.07) is 16.5. The first-order chi connectivity index (χ1) is 14.5. The van der Waals surface area contributed by atoms with Crippen molar-refractivity contribution in [3.63, 3.8) is 0 Å². The van der Waals surface area contributed by atoms with Gasteiger partial charge in [0.15, 0.2) is 5.76 Å². The fourth-order valence-corrected chi connectivity index (χ4v) is 2.87. The number of hydrazone groups is 1. The van der Waals surface area contributed by atoms with Crippen molar-refractivity contribution >= 4 is 28.8 Å². The Morgan fingerprint density at radius 3 is 2.73 bits per heavy atom. The average Bonchev–Trinajstić information content (AvgIpc) is 3.40. The molecule has 1 N–H and O–H groups in total. The summed E-state index contributed by atoms with van der Waals surface area (Å²) in [7, 11) is 1.42. The van der Waals surface area contributed by atoms with Gasteiger partial charge >= 0.3 is 5.91 Å². The van der Waals surface area contributed by atoms with Gasteiger partial charge in [0.1, 0.15) is 22.9 Å². The Hall–Kier alpha value is -4.40. The number of ether oxygens (including phenoxy) is 1. The van der Waals surface area contributed by atoms with Crippen molar-refractivity contribution in [2.45, 2.75) is 0 Å². The lowest BCUT2D eigenvalue weighted by Crippen LogP contribution is -2.16. The monoisotopic (exact) mass is 405 g/mol. The van der Waals surface area contributed by atoms with Gasteiger partial charge in [0, 0.05) is 11.5 Å². The third kappa shape index (κ3) is 3.76. The Bertz CT molecular complexity index is 1240. The Kier molecular flexibility index (Phi) is 5.00. The molecule has 2 aromatic carbocycles. The maximum Gasteiger partial charge on any atom is 0.307 e. The molecule has 0 aliphatic heterocycles. The number of non-ortho nitro benzene ring substituents is 1. The first-order valence-electron chi connectivity index (χ1n) is 8.80. The number of hydrogen-bond donors (Lipinski definition) is 1. The van der Waals surface area contributed by atoms with E-state index < -0.39 is 10.8 Å². The first kappa shape index (κ1) is 18.9. The van der Waals surface area contributed by atoms with Gasteiger partial charge in [-0.3, -0.25) is 14.9 Å². The molecule has 0 fully saturated rings. The number of carbonyl (C=O) groups excluding carboxylic acids is 1. The molecule has 4 aromatic rings. The molecule has 9 nitrogen and oxygen atoms in total. The van der Waals surface area contributed by atoms with Crippen LogP contribution in [0.25, 0.3) is 22.3 Å². The van der Waals surface area contributed by atoms with E-state index in [1.54, 1.807) is 30.3 Å². The summed E-state index contributed by atoms with van der Waals surface area (Å²) in [5.41, 5.74) is 3.45. The van der Waals surface area contributed by atoms with Crippen LogP contribution >= 0.6 is 0 Å². The van der Waals surface area contributed by atoms with Crippen LogP contribution in [-0.2, 0) is 0 Å². The van der Waals surface area contributed by atoms with Crippen LogP contribution in [0.4, 0.5) is 5.69 Å². The minimum absolute atomic E-state index is 0.0859. The van der Waals surface area contributed by atoms with Crippen molar-refractivity contribution in [1.29, 1.82) is 0 Å². The first-order valence-corrected chi connectivity index (χ1v) is 8.80. The van der Waals surface area contributed by atoms with Gasteiger partial charge in [-0.15, -0.1) is 0 Å². The van der Waals surface area contributed by atoms with Gasteiger partial charge in [-0.1, -0.05) is 18.2 Å². The maximum atomic E-state index is 12.2. The number of methoxy groups -OCH3 is 1. The lowest BCUT2D eigenvalue weighted by Gasteiger charge is -2.05. The number of nitro groups is 1. The van der Waals surface area contributed by atoms with E-state index in [4.69, 9.17) is 13.6 Å². The number of benzene rings is 2. The number of amides is 1. The quantitative estimate of drug-likeness (QED) is 0.289. The fourth-order valence-electron chi connectivity index (χ4n) is 2.87. The molecule has 4 rings (SSSR count). The van der Waals surface area contributed by atoms with Crippen LogP contribution in [0.15, 0.2) is 74.6 Å². The van der Waals surface area contributed by atoms with Crippen molar-refractivity contribution in [3.05, 3.63) is 82.3 Å². The zero-order chi connectivity index (χ0) is 21.1. The van der Waals surface area contributed by atoms with Crippen LogP contribution in [0.5, 0.6) is 5.75 Å². The topological polar surface area (TPSA) is 120 Å². The van der Waals surface area contributed by atoms with Gasteiger partial charge in [-0.2, -0.15) is 5.10 Å². The summed E-state index contributed by atoms with van der Waals surface area (Å²) >= 11 is 0. The van der Waals surface area contributed by atoms with Gasteiger partial charge in [-0.25, -0.2) is 5.43 Å². The lowest BCUT2D eigenvalue weighted by atomic mass is 10.1. The molecule has 1 amide bonds. The SMILES string of the molecule is COc1cc([N+](=O)[O-])ccc1-c1ccc(/C=N/NC(=O)c2cc3ccccc3o2)o1. The highest BCUT2D eigenvalue weighted by molar-refractivity contribution is 5.96. The van der Waals surface area contributed by atoms with Crippen LogP contribution < -0.4 is 10.2 Å². The summed E-state index contributed by atoms with van der Waals surface area (Å²) in [6.45, 7) is 0. The number of rotatable bonds is 6. The van der Waals surface area contributed by atoms with E-state index in [1.165, 1.54) is 25.5 Å². The number of hydrogen-bond acceptors (Lipinski definition) is 7. The molecule has 2 aromatic heterocycles. The van der Waals surface area contributed by atoms with Gasteiger partial charge in [0.05, 0.1) is 29.9 Å². The van der Waals surface area contributed by atoms with Crippen LogP contribution in [0.3, 0.4) is 0 Å². The number of nitro benzene ring substituents is 1. The normalized spacial score (nSPS) is 11.1. The summed E-state index contributed by atoms with van der Waals surface area (Å²) in [5.74, 6) is 0.762. The van der Waals surface area contributed by atoms with Crippen molar-refractivity contribution < 1.29 is 23.3 Å². The third-order valence-corrected chi connectivity index (χ3v) is 4.30. The number of nitrogens with one attached hydrogen (secondary N) is 1. The number of carbonyl (C=O) groups is 1.